The van der Waals surface area contributed by atoms with Crippen molar-refractivity contribution in [1.29, 1.82) is 0 Å². The highest BCUT2D eigenvalue weighted by molar-refractivity contribution is 5.07. The van der Waals surface area contributed by atoms with Crippen LogP contribution in [-0.4, -0.2) is 31.0 Å². The van der Waals surface area contributed by atoms with Gasteiger partial charge in [-0.1, -0.05) is 6.58 Å². The Hall–Kier alpha value is -0.450. The zero-order valence-corrected chi connectivity index (χ0v) is 8.38. The second-order valence-electron chi connectivity index (χ2n) is 3.32. The van der Waals surface area contributed by atoms with Crippen LogP contribution in [0.15, 0.2) is 12.4 Å². The van der Waals surface area contributed by atoms with Crippen molar-refractivity contribution in [2.75, 3.05) is 13.7 Å². The molecule has 4 heteroatoms. The van der Waals surface area contributed by atoms with Crippen LogP contribution >= 0.6 is 0 Å². The SMILES string of the molecule is C=C(F)[C@@](C)(C(CN)OC)[C@@H](C)O. The molecule has 3 N–H and O–H groups in total. The van der Waals surface area contributed by atoms with Gasteiger partial charge in [-0.15, -0.1) is 0 Å². The predicted molar refractivity (Wildman–Crippen MR) is 49.9 cm³/mol. The summed E-state index contributed by atoms with van der Waals surface area (Å²) >= 11 is 0. The van der Waals surface area contributed by atoms with Crippen LogP contribution in [0.25, 0.3) is 0 Å². The molecular formula is C9H18FNO2. The summed E-state index contributed by atoms with van der Waals surface area (Å²) in [6.45, 7) is 6.38. The summed E-state index contributed by atoms with van der Waals surface area (Å²) in [5, 5.41) is 9.44. The van der Waals surface area contributed by atoms with Gasteiger partial charge < -0.3 is 15.6 Å². The molecule has 0 aromatic heterocycles. The number of methoxy groups -OCH3 is 1. The van der Waals surface area contributed by atoms with E-state index in [-0.39, 0.29) is 6.54 Å². The van der Waals surface area contributed by atoms with Crippen molar-refractivity contribution in [2.45, 2.75) is 26.1 Å². The van der Waals surface area contributed by atoms with E-state index in [9.17, 15) is 9.50 Å². The summed E-state index contributed by atoms with van der Waals surface area (Å²) in [5.74, 6) is -0.611. The summed E-state index contributed by atoms with van der Waals surface area (Å²) in [6, 6.07) is 0. The molecule has 0 amide bonds. The Morgan fingerprint density at radius 3 is 2.31 bits per heavy atom. The molecule has 0 aliphatic heterocycles. The lowest BCUT2D eigenvalue weighted by Crippen LogP contribution is -2.46. The molecule has 0 aliphatic rings. The molecular weight excluding hydrogens is 173 g/mol. The molecule has 0 aromatic carbocycles. The minimum absolute atomic E-state index is 0.140. The molecule has 0 saturated carbocycles. The molecule has 0 heterocycles. The Labute approximate surface area is 78.4 Å². The molecule has 0 bridgehead atoms. The highest BCUT2D eigenvalue weighted by Crippen LogP contribution is 2.35. The zero-order valence-electron chi connectivity index (χ0n) is 8.38. The number of ether oxygens (including phenoxy) is 1. The summed E-state index contributed by atoms with van der Waals surface area (Å²) in [4.78, 5) is 0. The molecule has 78 valence electrons. The van der Waals surface area contributed by atoms with Gasteiger partial charge in [0.25, 0.3) is 0 Å². The van der Waals surface area contributed by atoms with Crippen LogP contribution in [0, 0.1) is 5.41 Å². The van der Waals surface area contributed by atoms with E-state index in [2.05, 4.69) is 6.58 Å². The van der Waals surface area contributed by atoms with Crippen molar-refractivity contribution in [1.82, 2.24) is 0 Å². The summed E-state index contributed by atoms with van der Waals surface area (Å²) < 4.78 is 18.1. The van der Waals surface area contributed by atoms with Crippen LogP contribution in [0.1, 0.15) is 13.8 Å². The first-order valence-corrected chi connectivity index (χ1v) is 4.17. The minimum atomic E-state index is -1.14. The summed E-state index contributed by atoms with van der Waals surface area (Å²) in [7, 11) is 1.43. The van der Waals surface area contributed by atoms with E-state index in [1.807, 2.05) is 0 Å². The lowest BCUT2D eigenvalue weighted by Gasteiger charge is -2.36. The standard InChI is InChI=1S/C9H18FNO2/c1-6(10)9(3,7(2)12)8(5-11)13-4/h7-8,12H,1,5,11H2,2-4H3/t7-,8?,9-/m1/s1. The number of halogens is 1. The number of rotatable bonds is 5. The van der Waals surface area contributed by atoms with Crippen molar-refractivity contribution in [3.05, 3.63) is 12.4 Å². The molecule has 0 aromatic rings. The van der Waals surface area contributed by atoms with Gasteiger partial charge in [0.15, 0.2) is 0 Å². The number of nitrogens with two attached hydrogens (primary N) is 1. The Bertz CT molecular complexity index is 180. The first-order chi connectivity index (χ1) is 5.91. The Balaban J connectivity index is 4.86. The maximum Gasteiger partial charge on any atom is 0.104 e. The Morgan fingerprint density at radius 2 is 2.23 bits per heavy atom. The van der Waals surface area contributed by atoms with Crippen molar-refractivity contribution in [3.8, 4) is 0 Å². The number of aliphatic hydroxyl groups is 1. The highest BCUT2D eigenvalue weighted by Gasteiger charge is 2.41. The van der Waals surface area contributed by atoms with Crippen LogP contribution in [-0.2, 0) is 4.74 Å². The third-order valence-corrected chi connectivity index (χ3v) is 2.62. The van der Waals surface area contributed by atoms with E-state index < -0.39 is 23.4 Å². The smallest absolute Gasteiger partial charge is 0.104 e. The molecule has 3 nitrogen and oxygen atoms in total. The zero-order chi connectivity index (χ0) is 10.6. The fraction of sp³-hybridized carbons (Fsp3) is 0.778. The van der Waals surface area contributed by atoms with Gasteiger partial charge in [-0.3, -0.25) is 0 Å². The van der Waals surface area contributed by atoms with E-state index in [4.69, 9.17) is 10.5 Å². The van der Waals surface area contributed by atoms with Crippen LogP contribution in [0.4, 0.5) is 4.39 Å². The van der Waals surface area contributed by atoms with Crippen LogP contribution in [0.5, 0.6) is 0 Å². The molecule has 3 atom stereocenters. The molecule has 0 spiro atoms. The maximum absolute atomic E-state index is 13.1. The van der Waals surface area contributed by atoms with Gasteiger partial charge in [0.1, 0.15) is 5.83 Å². The van der Waals surface area contributed by atoms with Gasteiger partial charge in [0, 0.05) is 13.7 Å². The Morgan fingerprint density at radius 1 is 1.77 bits per heavy atom. The molecule has 0 fully saturated rings. The molecule has 1 unspecified atom stereocenters. The topological polar surface area (TPSA) is 55.5 Å². The maximum atomic E-state index is 13.1. The predicted octanol–water partition coefficient (Wildman–Crippen LogP) is 0.830. The van der Waals surface area contributed by atoms with Crippen molar-refractivity contribution < 1.29 is 14.2 Å². The average Bonchev–Trinajstić information content (AvgIpc) is 2.05. The average molecular weight is 191 g/mol. The van der Waals surface area contributed by atoms with Gasteiger partial charge in [0.05, 0.1) is 17.6 Å². The van der Waals surface area contributed by atoms with Crippen molar-refractivity contribution in [2.24, 2.45) is 11.1 Å². The molecule has 0 radical (unpaired) electrons. The van der Waals surface area contributed by atoms with E-state index in [0.29, 0.717) is 0 Å². The largest absolute Gasteiger partial charge is 0.392 e. The number of hydrogen-bond donors (Lipinski definition) is 2. The van der Waals surface area contributed by atoms with Gasteiger partial charge in [0.2, 0.25) is 0 Å². The summed E-state index contributed by atoms with van der Waals surface area (Å²) in [6.07, 6.45) is -1.46. The fourth-order valence-electron chi connectivity index (χ4n) is 1.26. The van der Waals surface area contributed by atoms with Gasteiger partial charge in [-0.05, 0) is 13.8 Å². The van der Waals surface area contributed by atoms with Crippen LogP contribution in [0.2, 0.25) is 0 Å². The lowest BCUT2D eigenvalue weighted by molar-refractivity contribution is -0.0548. The molecule has 0 aliphatic carbocycles. The number of aliphatic hydroxyl groups excluding tert-OH is 1. The second-order valence-corrected chi connectivity index (χ2v) is 3.32. The first kappa shape index (κ1) is 12.6. The fourth-order valence-corrected chi connectivity index (χ4v) is 1.26. The Kier molecular flexibility index (Phi) is 4.53. The quantitative estimate of drug-likeness (QED) is 0.676. The summed E-state index contributed by atoms with van der Waals surface area (Å²) in [5.41, 5.74) is 4.27. The van der Waals surface area contributed by atoms with Gasteiger partial charge in [-0.25, -0.2) is 4.39 Å². The van der Waals surface area contributed by atoms with E-state index >= 15 is 0 Å². The second kappa shape index (κ2) is 4.69. The van der Waals surface area contributed by atoms with Crippen LogP contribution < -0.4 is 5.73 Å². The monoisotopic (exact) mass is 191 g/mol. The van der Waals surface area contributed by atoms with Gasteiger partial charge >= 0.3 is 0 Å². The minimum Gasteiger partial charge on any atom is -0.392 e. The normalized spacial score (nSPS) is 20.5. The van der Waals surface area contributed by atoms with Crippen molar-refractivity contribution >= 4 is 0 Å². The third kappa shape index (κ3) is 2.27. The number of hydrogen-bond acceptors (Lipinski definition) is 3. The molecule has 13 heavy (non-hydrogen) atoms. The lowest BCUT2D eigenvalue weighted by atomic mass is 9.78. The molecule has 0 saturated heterocycles. The van der Waals surface area contributed by atoms with Crippen molar-refractivity contribution in [3.63, 3.8) is 0 Å². The van der Waals surface area contributed by atoms with Crippen LogP contribution in [0.3, 0.4) is 0 Å². The third-order valence-electron chi connectivity index (χ3n) is 2.62. The van der Waals surface area contributed by atoms with E-state index in [0.717, 1.165) is 0 Å². The van der Waals surface area contributed by atoms with Gasteiger partial charge in [-0.2, -0.15) is 0 Å². The molecule has 0 rings (SSSR count). The first-order valence-electron chi connectivity index (χ1n) is 4.17. The van der Waals surface area contributed by atoms with E-state index in [1.165, 1.54) is 14.0 Å². The van der Waals surface area contributed by atoms with E-state index in [1.54, 1.807) is 6.92 Å². The highest BCUT2D eigenvalue weighted by atomic mass is 19.1.